The van der Waals surface area contributed by atoms with Crippen molar-refractivity contribution in [1.82, 2.24) is 4.90 Å². The highest BCUT2D eigenvalue weighted by atomic mass is 16.6. The Bertz CT molecular complexity index is 945. The van der Waals surface area contributed by atoms with Crippen LogP contribution in [-0.2, 0) is 14.9 Å². The topological polar surface area (TPSA) is 82.5 Å². The Morgan fingerprint density at radius 1 is 1.38 bits per heavy atom. The first-order valence-electron chi connectivity index (χ1n) is 10.4. The molecule has 1 aromatic carbocycles. The summed E-state index contributed by atoms with van der Waals surface area (Å²) in [6.07, 6.45) is 3.03. The second kappa shape index (κ2) is 5.74. The number of aliphatic hydroxyl groups is 1. The molecule has 2 N–H and O–H groups in total. The number of nitrogens with zero attached hydrogens (tertiary/aromatic N) is 2. The predicted octanol–water partition coefficient (Wildman–Crippen LogP) is 1.37. The number of phenolic OH excluding ortho intramolecular Hbond substituents is 1. The van der Waals surface area contributed by atoms with Gasteiger partial charge < -0.3 is 24.6 Å². The number of hydrogen-bond donors (Lipinski definition) is 2. The Kier molecular flexibility index (Phi) is 3.51. The number of rotatable bonds is 1. The van der Waals surface area contributed by atoms with Crippen LogP contribution in [0, 0.1) is 11.8 Å². The Labute approximate surface area is 169 Å². The van der Waals surface area contributed by atoms with E-state index in [-0.39, 0.29) is 41.0 Å². The van der Waals surface area contributed by atoms with Crippen LogP contribution in [0.3, 0.4) is 0 Å². The summed E-state index contributed by atoms with van der Waals surface area (Å²) in [6.45, 7) is 3.79. The molecule has 6 rings (SSSR count). The normalized spacial score (nSPS) is 39.5. The van der Waals surface area contributed by atoms with Crippen molar-refractivity contribution in [3.8, 4) is 11.5 Å². The molecule has 4 aliphatic heterocycles. The molecular weight excluding hydrogens is 372 g/mol. The van der Waals surface area contributed by atoms with Crippen molar-refractivity contribution < 1.29 is 24.5 Å². The first-order chi connectivity index (χ1) is 14.0. The van der Waals surface area contributed by atoms with E-state index >= 15 is 0 Å². The van der Waals surface area contributed by atoms with Gasteiger partial charge in [0, 0.05) is 30.8 Å². The summed E-state index contributed by atoms with van der Waals surface area (Å²) in [5, 5.41) is 22.1. The van der Waals surface area contributed by atoms with Gasteiger partial charge in [0.05, 0.1) is 25.4 Å². The van der Waals surface area contributed by atoms with E-state index in [0.29, 0.717) is 18.0 Å². The number of fused-ring (bicyclic) bond motifs is 2. The van der Waals surface area contributed by atoms with Crippen LogP contribution in [0.5, 0.6) is 11.5 Å². The minimum atomic E-state index is -0.941. The summed E-state index contributed by atoms with van der Waals surface area (Å²) >= 11 is 0. The molecule has 0 aromatic heterocycles. The molecule has 5 aliphatic rings. The molecule has 4 heterocycles. The first-order valence-corrected chi connectivity index (χ1v) is 10.4. The number of ether oxygens (including phenoxy) is 2. The molecule has 1 aromatic rings. The standard InChI is InChI=1S/C22H26N2O5/c1-11(25)24-18-14(3-4-15(28-2)19(18)26)22-6-7-23-10-12-5-8-29-21(27)17(20(22)24)13(12)9-16(22)23/h3-5,13,16-17,20-21,26-27H,6-10H2,1-2H3/t13-,16-,17+,20-,21-,22+/m0/s1. The van der Waals surface area contributed by atoms with Gasteiger partial charge in [-0.05, 0) is 36.9 Å². The van der Waals surface area contributed by atoms with E-state index in [1.54, 1.807) is 17.9 Å². The van der Waals surface area contributed by atoms with Crippen molar-refractivity contribution >= 4 is 11.6 Å². The van der Waals surface area contributed by atoms with E-state index < -0.39 is 6.29 Å². The fourth-order valence-electron chi connectivity index (χ4n) is 7.23. The molecule has 29 heavy (non-hydrogen) atoms. The molecule has 1 spiro atoms. The molecule has 7 heteroatoms. The number of carbonyl (C=O) groups excluding carboxylic acids is 1. The van der Waals surface area contributed by atoms with E-state index in [1.165, 1.54) is 12.7 Å². The maximum atomic E-state index is 13.0. The lowest BCUT2D eigenvalue weighted by Crippen LogP contribution is -2.66. The quantitative estimate of drug-likeness (QED) is 0.696. The van der Waals surface area contributed by atoms with Gasteiger partial charge in [-0.15, -0.1) is 0 Å². The summed E-state index contributed by atoms with van der Waals surface area (Å²) < 4.78 is 11.1. The molecular formula is C22H26N2O5. The Morgan fingerprint density at radius 2 is 2.21 bits per heavy atom. The van der Waals surface area contributed by atoms with E-state index in [2.05, 4.69) is 11.0 Å². The number of benzene rings is 1. The molecule has 1 aliphatic carbocycles. The van der Waals surface area contributed by atoms with Crippen LogP contribution in [0.1, 0.15) is 25.3 Å². The maximum absolute atomic E-state index is 13.0. The summed E-state index contributed by atoms with van der Waals surface area (Å²) in [5.41, 5.74) is 2.56. The van der Waals surface area contributed by atoms with E-state index in [1.807, 2.05) is 6.07 Å². The van der Waals surface area contributed by atoms with Crippen molar-refractivity contribution in [2.45, 2.75) is 43.6 Å². The van der Waals surface area contributed by atoms with Crippen LogP contribution in [0.25, 0.3) is 0 Å². The van der Waals surface area contributed by atoms with Crippen molar-refractivity contribution in [3.05, 3.63) is 29.3 Å². The average Bonchev–Trinajstić information content (AvgIpc) is 3.17. The zero-order chi connectivity index (χ0) is 20.1. The second-order valence-electron chi connectivity index (χ2n) is 9.05. The van der Waals surface area contributed by atoms with E-state index in [0.717, 1.165) is 31.5 Å². The minimum absolute atomic E-state index is 0.0109. The van der Waals surface area contributed by atoms with Crippen molar-refractivity contribution in [1.29, 1.82) is 0 Å². The molecule has 2 bridgehead atoms. The molecule has 6 atom stereocenters. The molecule has 154 valence electrons. The summed E-state index contributed by atoms with van der Waals surface area (Å²) in [6, 6.07) is 3.85. The van der Waals surface area contributed by atoms with Gasteiger partial charge >= 0.3 is 0 Å². The van der Waals surface area contributed by atoms with Gasteiger partial charge in [0.25, 0.3) is 0 Å². The monoisotopic (exact) mass is 398 g/mol. The van der Waals surface area contributed by atoms with Gasteiger partial charge in [-0.3, -0.25) is 9.69 Å². The number of carbonyl (C=O) groups is 1. The molecule has 3 fully saturated rings. The van der Waals surface area contributed by atoms with Crippen molar-refractivity contribution in [2.75, 3.05) is 31.7 Å². The first kappa shape index (κ1) is 17.7. The molecule has 0 radical (unpaired) electrons. The minimum Gasteiger partial charge on any atom is -0.503 e. The Balaban J connectivity index is 1.65. The average molecular weight is 398 g/mol. The molecule has 0 unspecified atom stereocenters. The SMILES string of the molecule is COc1ccc2c(c1O)N(C(C)=O)[C@H]1[C@@H]3[C@@H](O)OCC=C4CN5CC[C@]21[C@@H]5C[C@@H]43. The fourth-order valence-corrected chi connectivity index (χ4v) is 7.23. The largest absolute Gasteiger partial charge is 0.503 e. The van der Waals surface area contributed by atoms with Crippen LogP contribution in [0.2, 0.25) is 0 Å². The second-order valence-corrected chi connectivity index (χ2v) is 9.05. The lowest BCUT2D eigenvalue weighted by atomic mass is 9.55. The lowest BCUT2D eigenvalue weighted by molar-refractivity contribution is -0.156. The maximum Gasteiger partial charge on any atom is 0.224 e. The third kappa shape index (κ3) is 1.96. The number of methoxy groups -OCH3 is 1. The van der Waals surface area contributed by atoms with Crippen LogP contribution < -0.4 is 9.64 Å². The third-order valence-corrected chi connectivity index (χ3v) is 8.18. The highest BCUT2D eigenvalue weighted by molar-refractivity contribution is 5.99. The van der Waals surface area contributed by atoms with Gasteiger partial charge in [-0.2, -0.15) is 0 Å². The number of aromatic hydroxyl groups is 1. The number of hydrogen-bond acceptors (Lipinski definition) is 6. The number of anilines is 1. The Hall–Kier alpha value is -2.09. The van der Waals surface area contributed by atoms with Gasteiger partial charge in [-0.1, -0.05) is 17.7 Å². The number of aliphatic hydroxyl groups excluding tert-OH is 1. The zero-order valence-corrected chi connectivity index (χ0v) is 16.7. The Morgan fingerprint density at radius 3 is 2.97 bits per heavy atom. The third-order valence-electron chi connectivity index (χ3n) is 8.18. The van der Waals surface area contributed by atoms with Crippen molar-refractivity contribution in [2.24, 2.45) is 11.8 Å². The molecule has 1 saturated carbocycles. The van der Waals surface area contributed by atoms with Gasteiger partial charge in [0.2, 0.25) is 5.91 Å². The van der Waals surface area contributed by atoms with Crippen LogP contribution in [-0.4, -0.2) is 66.2 Å². The van der Waals surface area contributed by atoms with Gasteiger partial charge in [0.1, 0.15) is 0 Å². The van der Waals surface area contributed by atoms with Crippen molar-refractivity contribution in [3.63, 3.8) is 0 Å². The highest BCUT2D eigenvalue weighted by Gasteiger charge is 2.69. The van der Waals surface area contributed by atoms with Gasteiger partial charge in [0.15, 0.2) is 17.8 Å². The summed E-state index contributed by atoms with van der Waals surface area (Å²) in [5.74, 6) is 0.210. The van der Waals surface area contributed by atoms with Crippen LogP contribution in [0.15, 0.2) is 23.8 Å². The summed E-state index contributed by atoms with van der Waals surface area (Å²) in [7, 11) is 1.52. The number of piperidine rings is 1. The van der Waals surface area contributed by atoms with Crippen LogP contribution in [0.4, 0.5) is 5.69 Å². The highest BCUT2D eigenvalue weighted by Crippen LogP contribution is 2.66. The smallest absolute Gasteiger partial charge is 0.224 e. The molecule has 2 saturated heterocycles. The van der Waals surface area contributed by atoms with Gasteiger partial charge in [-0.25, -0.2) is 0 Å². The summed E-state index contributed by atoms with van der Waals surface area (Å²) in [4.78, 5) is 17.2. The number of phenols is 1. The zero-order valence-electron chi connectivity index (χ0n) is 16.7. The van der Waals surface area contributed by atoms with Crippen LogP contribution >= 0.6 is 0 Å². The van der Waals surface area contributed by atoms with E-state index in [9.17, 15) is 15.0 Å². The molecule has 1 amide bonds. The number of amides is 1. The molecule has 7 nitrogen and oxygen atoms in total. The fraction of sp³-hybridized carbons (Fsp3) is 0.591. The lowest BCUT2D eigenvalue weighted by Gasteiger charge is -2.56. The van der Waals surface area contributed by atoms with E-state index in [4.69, 9.17) is 9.47 Å². The predicted molar refractivity (Wildman–Crippen MR) is 105 cm³/mol.